The van der Waals surface area contributed by atoms with E-state index in [1.807, 2.05) is 59.1 Å². The number of ether oxygens (including phenoxy) is 2. The Labute approximate surface area is 344 Å². The number of rotatable bonds is 17. The van der Waals surface area contributed by atoms with E-state index in [2.05, 4.69) is 25.8 Å². The average Bonchev–Trinajstić information content (AvgIpc) is 3.80. The molecule has 4 fully saturated rings. The summed E-state index contributed by atoms with van der Waals surface area (Å²) < 4.78 is 11.9. The molecule has 7 rings (SSSR count). The summed E-state index contributed by atoms with van der Waals surface area (Å²) >= 11 is 1.91. The Morgan fingerprint density at radius 1 is 0.862 bits per heavy atom. The minimum absolute atomic E-state index is 0.0132. The van der Waals surface area contributed by atoms with Crippen molar-refractivity contribution in [2.75, 3.05) is 64.7 Å². The first-order chi connectivity index (χ1) is 28.3. The van der Waals surface area contributed by atoms with Crippen LogP contribution in [0.1, 0.15) is 60.5 Å². The lowest BCUT2D eigenvalue weighted by Gasteiger charge is -2.34. The number of thioether (sulfide) groups is 1. The van der Waals surface area contributed by atoms with Crippen LogP contribution in [-0.2, 0) is 9.59 Å². The van der Waals surface area contributed by atoms with E-state index in [1.165, 1.54) is 0 Å². The number of nitrogens with one attached hydrogen (secondary N) is 3. The number of unbranched alkanes of at least 4 members (excludes halogenated alkanes) is 1. The summed E-state index contributed by atoms with van der Waals surface area (Å²) in [6.07, 6.45) is 8.55. The molecular weight excluding hydrogens is 757 g/mol. The number of nitrogens with zero attached hydrogens (tertiary/aromatic N) is 4. The van der Waals surface area contributed by atoms with Gasteiger partial charge in [0, 0.05) is 94.0 Å². The van der Waals surface area contributed by atoms with Gasteiger partial charge in [-0.25, -0.2) is 9.78 Å². The Morgan fingerprint density at radius 3 is 2.31 bits per heavy atom. The fourth-order valence-electron chi connectivity index (χ4n) is 7.97. The summed E-state index contributed by atoms with van der Waals surface area (Å²) in [5.74, 6) is 2.60. The molecule has 2 aromatic carbocycles. The van der Waals surface area contributed by atoms with Crippen molar-refractivity contribution in [2.45, 2.75) is 61.8 Å². The average molecular weight is 811 g/mol. The number of primary amides is 1. The Kier molecular flexibility index (Phi) is 14.2. The number of hydrogen-bond donors (Lipinski definition) is 4. The summed E-state index contributed by atoms with van der Waals surface area (Å²) in [6.45, 7) is 7.10. The molecule has 14 nitrogen and oxygen atoms in total. The first kappa shape index (κ1) is 41.1. The van der Waals surface area contributed by atoms with Crippen molar-refractivity contribution >= 4 is 35.5 Å². The van der Waals surface area contributed by atoms with Gasteiger partial charge in [-0.15, -0.1) is 0 Å². The van der Waals surface area contributed by atoms with Gasteiger partial charge >= 0.3 is 6.03 Å². The molecule has 0 bridgehead atoms. The van der Waals surface area contributed by atoms with E-state index in [-0.39, 0.29) is 47.3 Å². The van der Waals surface area contributed by atoms with Crippen LogP contribution in [0.2, 0.25) is 0 Å². The Hall–Kier alpha value is -5.12. The van der Waals surface area contributed by atoms with Crippen LogP contribution in [-0.4, -0.2) is 125 Å². The standard InChI is InChI=1S/C43H54N8O6S/c44-41(54)34-16-17-35(46-42(34)57-33-14-12-32(13-15-33)56-31-7-2-1-3-8-31)30-18-22-51(23-19-30)39(53)11-6-21-49-25-27-50(28-26-49)24-20-45-38(52)10-5-4-9-37-40-36(29-58-37)47-43(55)48-40/h1-3,6-8,11-17,30,36-37,40H,4-5,9-10,18-29H2,(H2,44,54)(H,45,52)(H2,47,48,55)/t36-,37-,40-/m0/s1. The van der Waals surface area contributed by atoms with E-state index < -0.39 is 5.91 Å². The maximum Gasteiger partial charge on any atom is 0.315 e. The normalized spacial score (nSPS) is 21.3. The predicted octanol–water partition coefficient (Wildman–Crippen LogP) is 4.49. The number of nitrogens with two attached hydrogens (primary N) is 1. The lowest BCUT2D eigenvalue weighted by Crippen LogP contribution is -2.48. The molecule has 0 aliphatic carbocycles. The Balaban J connectivity index is 0.768. The largest absolute Gasteiger partial charge is 0.457 e. The van der Waals surface area contributed by atoms with Crippen LogP contribution in [0.25, 0.3) is 0 Å². The number of likely N-dealkylation sites (tertiary alicyclic amines) is 1. The monoisotopic (exact) mass is 810 g/mol. The second-order valence-electron chi connectivity index (χ2n) is 15.3. The number of urea groups is 1. The predicted molar refractivity (Wildman–Crippen MR) is 223 cm³/mol. The highest BCUT2D eigenvalue weighted by molar-refractivity contribution is 8.00. The summed E-state index contributed by atoms with van der Waals surface area (Å²) in [7, 11) is 0. The molecule has 3 atom stereocenters. The van der Waals surface area contributed by atoms with E-state index in [1.54, 1.807) is 36.4 Å². The van der Waals surface area contributed by atoms with Gasteiger partial charge in [0.1, 0.15) is 22.8 Å². The van der Waals surface area contributed by atoms with Crippen LogP contribution in [0.3, 0.4) is 0 Å². The summed E-state index contributed by atoms with van der Waals surface area (Å²) in [5, 5.41) is 9.52. The molecule has 58 heavy (non-hydrogen) atoms. The third kappa shape index (κ3) is 11.3. The number of amides is 5. The van der Waals surface area contributed by atoms with Gasteiger partial charge in [0.05, 0.1) is 12.1 Å². The molecule has 3 aromatic rings. The molecule has 1 aromatic heterocycles. The molecule has 4 aliphatic heterocycles. The van der Waals surface area contributed by atoms with Crippen molar-refractivity contribution in [3.63, 3.8) is 0 Å². The molecular formula is C43H54N8O6S. The number of hydrogen-bond acceptors (Lipinski definition) is 10. The maximum atomic E-state index is 13.1. The lowest BCUT2D eigenvalue weighted by molar-refractivity contribution is -0.127. The quantitative estimate of drug-likeness (QED) is 0.0866. The van der Waals surface area contributed by atoms with Crippen LogP contribution in [0.5, 0.6) is 23.1 Å². The lowest BCUT2D eigenvalue weighted by atomic mass is 9.92. The van der Waals surface area contributed by atoms with Crippen molar-refractivity contribution in [1.82, 2.24) is 35.6 Å². The van der Waals surface area contributed by atoms with E-state index >= 15 is 0 Å². The smallest absolute Gasteiger partial charge is 0.315 e. The summed E-state index contributed by atoms with van der Waals surface area (Å²) in [5.41, 5.74) is 6.67. The minimum Gasteiger partial charge on any atom is -0.457 e. The number of carbonyl (C=O) groups is 4. The van der Waals surface area contributed by atoms with Gasteiger partial charge in [-0.05, 0) is 74.2 Å². The molecule has 5 heterocycles. The van der Waals surface area contributed by atoms with Crippen LogP contribution >= 0.6 is 11.8 Å². The summed E-state index contributed by atoms with van der Waals surface area (Å²) in [4.78, 5) is 60.6. The topological polar surface area (TPSA) is 171 Å². The number of pyridine rings is 1. The fraction of sp³-hybridized carbons (Fsp3) is 0.465. The summed E-state index contributed by atoms with van der Waals surface area (Å²) in [6, 6.07) is 20.5. The van der Waals surface area contributed by atoms with E-state index in [0.29, 0.717) is 42.8 Å². The van der Waals surface area contributed by atoms with Gasteiger partial charge < -0.3 is 36.1 Å². The highest BCUT2D eigenvalue weighted by Crippen LogP contribution is 2.34. The van der Waals surface area contributed by atoms with Crippen LogP contribution in [0.4, 0.5) is 4.79 Å². The van der Waals surface area contributed by atoms with Crippen LogP contribution < -0.4 is 31.2 Å². The molecule has 0 spiro atoms. The number of carbonyl (C=O) groups excluding carboxylic acids is 4. The zero-order valence-corrected chi connectivity index (χ0v) is 33.7. The van der Waals surface area contributed by atoms with Crippen molar-refractivity contribution < 1.29 is 28.7 Å². The van der Waals surface area contributed by atoms with E-state index in [0.717, 1.165) is 88.6 Å². The molecule has 5 N–H and O–H groups in total. The van der Waals surface area contributed by atoms with Gasteiger partial charge in [-0.2, -0.15) is 11.8 Å². The highest BCUT2D eigenvalue weighted by atomic mass is 32.2. The first-order valence-electron chi connectivity index (χ1n) is 20.4. The minimum atomic E-state index is -0.621. The van der Waals surface area contributed by atoms with E-state index in [9.17, 15) is 19.2 Å². The number of benzene rings is 2. The van der Waals surface area contributed by atoms with Gasteiger partial charge in [0.15, 0.2) is 0 Å². The Bertz CT molecular complexity index is 1900. The van der Waals surface area contributed by atoms with Crippen molar-refractivity contribution in [2.24, 2.45) is 5.73 Å². The maximum absolute atomic E-state index is 13.1. The molecule has 308 valence electrons. The number of aromatic nitrogens is 1. The molecule has 0 saturated carbocycles. The third-order valence-electron chi connectivity index (χ3n) is 11.3. The second kappa shape index (κ2) is 20.0. The third-order valence-corrected chi connectivity index (χ3v) is 12.8. The van der Waals surface area contributed by atoms with Gasteiger partial charge in [-0.1, -0.05) is 30.7 Å². The van der Waals surface area contributed by atoms with E-state index in [4.69, 9.17) is 20.2 Å². The van der Waals surface area contributed by atoms with Gasteiger partial charge in [0.25, 0.3) is 5.91 Å². The molecule has 4 saturated heterocycles. The SMILES string of the molecule is NC(=O)c1ccc(C2CCN(C(=O)C=CCN3CCN(CCNC(=O)CCCC[C@@H]4SC[C@@H]5NC(=O)N[C@@H]54)CC3)CC2)nc1Oc1ccc(Oc2ccccc2)cc1. The van der Waals surface area contributed by atoms with Gasteiger partial charge in [0.2, 0.25) is 17.7 Å². The Morgan fingerprint density at radius 2 is 1.57 bits per heavy atom. The number of piperidine rings is 1. The van der Waals surface area contributed by atoms with Crippen molar-refractivity contribution in [1.29, 1.82) is 0 Å². The second-order valence-corrected chi connectivity index (χ2v) is 16.6. The number of piperazine rings is 1. The first-order valence-corrected chi connectivity index (χ1v) is 21.5. The highest BCUT2D eigenvalue weighted by Gasteiger charge is 2.42. The number of fused-ring (bicyclic) bond motifs is 1. The molecule has 0 radical (unpaired) electrons. The molecule has 0 unspecified atom stereocenters. The van der Waals surface area contributed by atoms with Crippen LogP contribution in [0, 0.1) is 0 Å². The molecule has 15 heteroatoms. The zero-order valence-electron chi connectivity index (χ0n) is 32.9. The van der Waals surface area contributed by atoms with Crippen LogP contribution in [0.15, 0.2) is 78.9 Å². The fourth-order valence-corrected chi connectivity index (χ4v) is 9.52. The van der Waals surface area contributed by atoms with Crippen molar-refractivity contribution in [3.05, 3.63) is 90.1 Å². The number of para-hydroxylation sites is 1. The van der Waals surface area contributed by atoms with Crippen molar-refractivity contribution in [3.8, 4) is 23.1 Å². The molecule has 5 amide bonds. The molecule has 4 aliphatic rings. The van der Waals surface area contributed by atoms with Gasteiger partial charge in [-0.3, -0.25) is 24.2 Å². The zero-order chi connectivity index (χ0) is 40.3.